The molecule has 0 radical (unpaired) electrons. The fourth-order valence-corrected chi connectivity index (χ4v) is 5.11. The minimum Gasteiger partial charge on any atom is -0.294 e. The van der Waals surface area contributed by atoms with E-state index in [0.29, 0.717) is 5.56 Å². The normalized spacial score (nSPS) is 27.9. The Morgan fingerprint density at radius 3 is 2.20 bits per heavy atom. The van der Waals surface area contributed by atoms with Crippen molar-refractivity contribution in [3.05, 3.63) is 91.5 Å². The van der Waals surface area contributed by atoms with Gasteiger partial charge < -0.3 is 0 Å². The standard InChI is InChI=1S/C21H19N3O6/c1-22-12-20(23(27)28)16-10-6-5-9-15(16)19(26)21(13-22,24(29)30)18(20)11-17(25)14-7-3-2-4-8-14/h2-10,18H,11-13H2,1H3/t18-,20-,21-/m0/s1. The third kappa shape index (κ3) is 2.51. The monoisotopic (exact) mass is 409 g/mol. The van der Waals surface area contributed by atoms with Gasteiger partial charge in [-0.25, -0.2) is 0 Å². The van der Waals surface area contributed by atoms with Crippen molar-refractivity contribution in [2.75, 3.05) is 20.1 Å². The van der Waals surface area contributed by atoms with Crippen LogP contribution in [0.2, 0.25) is 0 Å². The lowest BCUT2D eigenvalue weighted by molar-refractivity contribution is -0.639. The number of carbonyl (C=O) groups is 2. The minimum atomic E-state index is -2.28. The number of nitrogens with zero attached hydrogens (tertiary/aromatic N) is 3. The maximum Gasteiger partial charge on any atom is 0.306 e. The second-order valence-corrected chi connectivity index (χ2v) is 7.96. The molecule has 4 rings (SSSR count). The van der Waals surface area contributed by atoms with Gasteiger partial charge in [0, 0.05) is 33.0 Å². The fourth-order valence-electron chi connectivity index (χ4n) is 5.11. The molecular weight excluding hydrogens is 390 g/mol. The topological polar surface area (TPSA) is 124 Å². The highest BCUT2D eigenvalue weighted by atomic mass is 16.6. The van der Waals surface area contributed by atoms with Gasteiger partial charge in [0.1, 0.15) is 5.92 Å². The first kappa shape index (κ1) is 19.8. The lowest BCUT2D eigenvalue weighted by atomic mass is 9.56. The van der Waals surface area contributed by atoms with Gasteiger partial charge in [-0.05, 0) is 7.05 Å². The van der Waals surface area contributed by atoms with Crippen LogP contribution in [0.25, 0.3) is 0 Å². The Morgan fingerprint density at radius 1 is 1.00 bits per heavy atom. The Hall–Kier alpha value is -3.46. The third-order valence-electron chi connectivity index (χ3n) is 6.34. The lowest BCUT2D eigenvalue weighted by Crippen LogP contribution is -2.75. The second-order valence-electron chi connectivity index (χ2n) is 7.96. The molecule has 1 heterocycles. The molecule has 9 nitrogen and oxygen atoms in total. The van der Waals surface area contributed by atoms with Gasteiger partial charge in [-0.15, -0.1) is 0 Å². The quantitative estimate of drug-likeness (QED) is 0.421. The van der Waals surface area contributed by atoms with Crippen molar-refractivity contribution in [2.24, 2.45) is 5.92 Å². The van der Waals surface area contributed by atoms with E-state index in [2.05, 4.69) is 0 Å². The Labute approximate surface area is 171 Å². The Kier molecular flexibility index (Phi) is 4.50. The molecule has 9 heteroatoms. The summed E-state index contributed by atoms with van der Waals surface area (Å²) >= 11 is 0. The van der Waals surface area contributed by atoms with Crippen LogP contribution in [0.3, 0.4) is 0 Å². The van der Waals surface area contributed by atoms with E-state index in [4.69, 9.17) is 0 Å². The van der Waals surface area contributed by atoms with Crippen molar-refractivity contribution in [1.29, 1.82) is 0 Å². The average molecular weight is 409 g/mol. The number of hydrogen-bond acceptors (Lipinski definition) is 7. The Balaban J connectivity index is 1.98. The van der Waals surface area contributed by atoms with Crippen molar-refractivity contribution in [2.45, 2.75) is 17.5 Å². The first-order valence-corrected chi connectivity index (χ1v) is 9.45. The van der Waals surface area contributed by atoms with Crippen LogP contribution in [0, 0.1) is 26.1 Å². The van der Waals surface area contributed by atoms with Crippen molar-refractivity contribution in [1.82, 2.24) is 4.90 Å². The zero-order chi connectivity index (χ0) is 21.7. The predicted molar refractivity (Wildman–Crippen MR) is 106 cm³/mol. The van der Waals surface area contributed by atoms with Gasteiger partial charge in [-0.2, -0.15) is 0 Å². The van der Waals surface area contributed by atoms with Gasteiger partial charge in [0.25, 0.3) is 5.54 Å². The number of piperidine rings is 1. The van der Waals surface area contributed by atoms with Gasteiger partial charge in [-0.1, -0.05) is 54.6 Å². The van der Waals surface area contributed by atoms with Crippen LogP contribution in [-0.2, 0) is 5.54 Å². The summed E-state index contributed by atoms with van der Waals surface area (Å²) in [5.74, 6) is -2.66. The Bertz CT molecular complexity index is 1070. The zero-order valence-electron chi connectivity index (χ0n) is 16.2. The summed E-state index contributed by atoms with van der Waals surface area (Å²) in [7, 11) is 1.52. The third-order valence-corrected chi connectivity index (χ3v) is 6.34. The van der Waals surface area contributed by atoms with Crippen molar-refractivity contribution < 1.29 is 19.4 Å². The van der Waals surface area contributed by atoms with Gasteiger partial charge in [-0.3, -0.25) is 34.7 Å². The SMILES string of the molecule is CN1C[C@]2([N+](=O)[O-])c3ccccc3C(=O)[C@]([N+](=O)[O-])(C1)[C@H]2CC(=O)c1ccccc1. The molecule has 1 aliphatic carbocycles. The number of likely N-dealkylation sites (tertiary alicyclic amines) is 1. The smallest absolute Gasteiger partial charge is 0.294 e. The molecule has 3 atom stereocenters. The largest absolute Gasteiger partial charge is 0.306 e. The number of nitro groups is 2. The summed E-state index contributed by atoms with van der Waals surface area (Å²) in [6.07, 6.45) is -0.472. The molecule has 0 saturated carbocycles. The molecule has 0 amide bonds. The number of rotatable bonds is 5. The highest BCUT2D eigenvalue weighted by molar-refractivity contribution is 6.07. The molecule has 30 heavy (non-hydrogen) atoms. The highest BCUT2D eigenvalue weighted by Gasteiger charge is 2.77. The molecule has 0 aromatic heterocycles. The van der Waals surface area contributed by atoms with Gasteiger partial charge in [0.2, 0.25) is 5.78 Å². The van der Waals surface area contributed by atoms with Crippen LogP contribution >= 0.6 is 0 Å². The molecule has 2 aromatic carbocycles. The summed E-state index contributed by atoms with van der Waals surface area (Å²) < 4.78 is 0. The number of Topliss-reactive ketones (excluding diaryl/α,β-unsaturated/α-hetero) is 2. The average Bonchev–Trinajstić information content (AvgIpc) is 2.73. The number of likely N-dealkylation sites (N-methyl/N-ethyl adjacent to an activating group) is 1. The highest BCUT2D eigenvalue weighted by Crippen LogP contribution is 2.53. The maximum atomic E-state index is 13.4. The van der Waals surface area contributed by atoms with Crippen LogP contribution in [-0.4, -0.2) is 52.0 Å². The molecule has 2 bridgehead atoms. The van der Waals surface area contributed by atoms with Crippen LogP contribution in [0.4, 0.5) is 0 Å². The van der Waals surface area contributed by atoms with E-state index in [9.17, 15) is 29.8 Å². The number of fused-ring (bicyclic) bond motifs is 4. The van der Waals surface area contributed by atoms with E-state index in [0.717, 1.165) is 0 Å². The van der Waals surface area contributed by atoms with E-state index in [1.54, 1.807) is 36.4 Å². The summed E-state index contributed by atoms with van der Waals surface area (Å²) in [5, 5.41) is 24.9. The first-order chi connectivity index (χ1) is 14.2. The van der Waals surface area contributed by atoms with Crippen LogP contribution in [0.15, 0.2) is 54.6 Å². The molecule has 2 aromatic rings. The molecule has 0 spiro atoms. The molecule has 1 aliphatic heterocycles. The van der Waals surface area contributed by atoms with Gasteiger partial charge in [0.15, 0.2) is 5.78 Å². The first-order valence-electron chi connectivity index (χ1n) is 9.45. The maximum absolute atomic E-state index is 13.4. The van der Waals surface area contributed by atoms with E-state index in [-0.39, 0.29) is 24.2 Å². The zero-order valence-corrected chi connectivity index (χ0v) is 16.2. The molecule has 1 saturated heterocycles. The van der Waals surface area contributed by atoms with Crippen LogP contribution in [0.5, 0.6) is 0 Å². The summed E-state index contributed by atoms with van der Waals surface area (Å²) in [6, 6.07) is 14.1. The van der Waals surface area contributed by atoms with Crippen molar-refractivity contribution in [3.63, 3.8) is 0 Å². The van der Waals surface area contributed by atoms with E-state index in [1.807, 2.05) is 0 Å². The molecule has 1 fully saturated rings. The number of ketones is 2. The van der Waals surface area contributed by atoms with Crippen LogP contribution in [0.1, 0.15) is 32.7 Å². The number of hydrogen-bond donors (Lipinski definition) is 0. The summed E-state index contributed by atoms with van der Waals surface area (Å²) in [4.78, 5) is 51.5. The lowest BCUT2D eigenvalue weighted by Gasteiger charge is -2.50. The van der Waals surface area contributed by atoms with Crippen molar-refractivity contribution >= 4 is 11.6 Å². The van der Waals surface area contributed by atoms with Gasteiger partial charge >= 0.3 is 5.54 Å². The summed E-state index contributed by atoms with van der Waals surface area (Å²) in [5.41, 5.74) is -3.81. The number of carbonyl (C=O) groups excluding carboxylic acids is 2. The molecule has 0 unspecified atom stereocenters. The predicted octanol–water partition coefficient (Wildman–Crippen LogP) is 2.21. The Morgan fingerprint density at radius 2 is 1.57 bits per heavy atom. The molecule has 0 N–H and O–H groups in total. The van der Waals surface area contributed by atoms with Crippen molar-refractivity contribution in [3.8, 4) is 0 Å². The van der Waals surface area contributed by atoms with E-state index in [1.165, 1.54) is 30.1 Å². The number of benzene rings is 2. The second kappa shape index (κ2) is 6.81. The van der Waals surface area contributed by atoms with Crippen LogP contribution < -0.4 is 0 Å². The van der Waals surface area contributed by atoms with Gasteiger partial charge in [0.05, 0.1) is 13.1 Å². The molecule has 154 valence electrons. The minimum absolute atomic E-state index is 0.0117. The van der Waals surface area contributed by atoms with E-state index < -0.39 is 44.8 Å². The van der Waals surface area contributed by atoms with E-state index >= 15 is 0 Å². The fraction of sp³-hybridized carbons (Fsp3) is 0.333. The molecule has 2 aliphatic rings. The molecular formula is C21H19N3O6. The summed E-state index contributed by atoms with van der Waals surface area (Å²) in [6.45, 7) is -0.428.